The Hall–Kier alpha value is -0.370. The van der Waals surface area contributed by atoms with Gasteiger partial charge >= 0.3 is 5.97 Å². The lowest BCUT2D eigenvalue weighted by atomic mass is 10.2. The van der Waals surface area contributed by atoms with E-state index in [-0.39, 0.29) is 12.4 Å². The number of carbonyl (C=O) groups excluding carboxylic acids is 1. The summed E-state index contributed by atoms with van der Waals surface area (Å²) < 4.78 is 31.5. The molecular formula is C8H17ClN2O4S. The molecule has 96 valence electrons. The first-order valence-electron chi connectivity index (χ1n) is 4.68. The van der Waals surface area contributed by atoms with Gasteiger partial charge in [0.15, 0.2) is 0 Å². The van der Waals surface area contributed by atoms with Crippen LogP contribution in [0.4, 0.5) is 0 Å². The Labute approximate surface area is 101 Å². The Balaban J connectivity index is 4.01. The lowest BCUT2D eigenvalue weighted by Gasteiger charge is -2.19. The van der Waals surface area contributed by atoms with Crippen LogP contribution >= 0.6 is 11.6 Å². The highest BCUT2D eigenvalue weighted by Crippen LogP contribution is 2.06. The third kappa shape index (κ3) is 8.90. The van der Waals surface area contributed by atoms with Crippen LogP contribution in [-0.2, 0) is 19.7 Å². The maximum atomic E-state index is 11.2. The van der Waals surface area contributed by atoms with Gasteiger partial charge < -0.3 is 4.74 Å². The van der Waals surface area contributed by atoms with Crippen molar-refractivity contribution in [1.82, 2.24) is 9.44 Å². The van der Waals surface area contributed by atoms with Gasteiger partial charge in [-0.15, -0.1) is 11.6 Å². The van der Waals surface area contributed by atoms with Crippen molar-refractivity contribution in [2.75, 3.05) is 19.0 Å². The predicted octanol–water partition coefficient (Wildman–Crippen LogP) is -0.00910. The van der Waals surface area contributed by atoms with Gasteiger partial charge in [0.2, 0.25) is 0 Å². The molecule has 0 saturated carbocycles. The first-order valence-corrected chi connectivity index (χ1v) is 6.70. The average Bonchev–Trinajstić information content (AvgIpc) is 2.09. The summed E-state index contributed by atoms with van der Waals surface area (Å²) in [7, 11) is -3.68. The van der Waals surface area contributed by atoms with Gasteiger partial charge in [0.25, 0.3) is 10.2 Å². The standard InChI is InChI=1S/C8H17ClN2O4S/c1-8(2,3)15-7(12)6-11-16(13,14)10-5-4-9/h10-11H,4-6H2,1-3H3. The molecule has 0 aromatic heterocycles. The van der Waals surface area contributed by atoms with Crippen molar-refractivity contribution >= 4 is 27.8 Å². The zero-order chi connectivity index (χ0) is 12.8. The summed E-state index contributed by atoms with van der Waals surface area (Å²) >= 11 is 5.31. The summed E-state index contributed by atoms with van der Waals surface area (Å²) in [6.45, 7) is 4.79. The second-order valence-corrected chi connectivity index (χ2v) is 5.96. The number of halogens is 1. The number of ether oxygens (including phenoxy) is 1. The minimum atomic E-state index is -3.68. The highest BCUT2D eigenvalue weighted by molar-refractivity contribution is 7.87. The first kappa shape index (κ1) is 15.6. The number of hydrogen-bond donors (Lipinski definition) is 2. The first-order chi connectivity index (χ1) is 7.16. The smallest absolute Gasteiger partial charge is 0.321 e. The van der Waals surface area contributed by atoms with E-state index in [1.807, 2.05) is 4.72 Å². The second-order valence-electron chi connectivity index (χ2n) is 3.99. The maximum absolute atomic E-state index is 11.2. The van der Waals surface area contributed by atoms with E-state index in [9.17, 15) is 13.2 Å². The summed E-state index contributed by atoms with van der Waals surface area (Å²) in [5, 5.41) is 0. The van der Waals surface area contributed by atoms with Crippen LogP contribution in [0.25, 0.3) is 0 Å². The molecule has 0 bridgehead atoms. The van der Waals surface area contributed by atoms with E-state index in [2.05, 4.69) is 4.72 Å². The number of carbonyl (C=O) groups is 1. The number of nitrogens with one attached hydrogen (secondary N) is 2. The quantitative estimate of drug-likeness (QED) is 0.526. The molecule has 0 fully saturated rings. The van der Waals surface area contributed by atoms with Gasteiger partial charge in [0, 0.05) is 12.4 Å². The molecule has 0 rings (SSSR count). The number of rotatable bonds is 6. The zero-order valence-corrected chi connectivity index (χ0v) is 11.1. The summed E-state index contributed by atoms with van der Waals surface area (Å²) in [5.41, 5.74) is -0.633. The molecule has 0 heterocycles. The van der Waals surface area contributed by atoms with E-state index >= 15 is 0 Å². The molecule has 6 nitrogen and oxygen atoms in total. The summed E-state index contributed by atoms with van der Waals surface area (Å²) in [6, 6.07) is 0. The van der Waals surface area contributed by atoms with E-state index < -0.39 is 28.3 Å². The van der Waals surface area contributed by atoms with Gasteiger partial charge in [0.05, 0.1) is 0 Å². The predicted molar refractivity (Wildman–Crippen MR) is 61.5 cm³/mol. The minimum absolute atomic E-state index is 0.102. The molecule has 16 heavy (non-hydrogen) atoms. The van der Waals surface area contributed by atoms with Crippen molar-refractivity contribution in [3.8, 4) is 0 Å². The Morgan fingerprint density at radius 3 is 2.31 bits per heavy atom. The van der Waals surface area contributed by atoms with Gasteiger partial charge in [-0.25, -0.2) is 4.72 Å². The molecule has 8 heteroatoms. The normalized spacial score (nSPS) is 12.5. The molecule has 0 radical (unpaired) electrons. The molecule has 2 N–H and O–H groups in total. The molecule has 0 atom stereocenters. The van der Waals surface area contributed by atoms with E-state index in [4.69, 9.17) is 16.3 Å². The van der Waals surface area contributed by atoms with Gasteiger partial charge in [-0.2, -0.15) is 13.1 Å². The van der Waals surface area contributed by atoms with Gasteiger partial charge in [-0.3, -0.25) is 4.79 Å². The molecule has 0 aromatic rings. The van der Waals surface area contributed by atoms with Crippen LogP contribution in [0, 0.1) is 0 Å². The van der Waals surface area contributed by atoms with Crippen LogP contribution < -0.4 is 9.44 Å². The van der Waals surface area contributed by atoms with Crippen LogP contribution in [0.5, 0.6) is 0 Å². The van der Waals surface area contributed by atoms with Crippen LogP contribution in [0.15, 0.2) is 0 Å². The van der Waals surface area contributed by atoms with Crippen LogP contribution in [0.1, 0.15) is 20.8 Å². The zero-order valence-electron chi connectivity index (χ0n) is 9.54. The average molecular weight is 273 g/mol. The van der Waals surface area contributed by atoms with Crippen molar-refractivity contribution in [2.45, 2.75) is 26.4 Å². The fourth-order valence-electron chi connectivity index (χ4n) is 0.755. The van der Waals surface area contributed by atoms with Crippen molar-refractivity contribution < 1.29 is 17.9 Å². The van der Waals surface area contributed by atoms with Crippen molar-refractivity contribution in [1.29, 1.82) is 0 Å². The number of hydrogen-bond acceptors (Lipinski definition) is 4. The van der Waals surface area contributed by atoms with Crippen molar-refractivity contribution in [3.63, 3.8) is 0 Å². The highest BCUT2D eigenvalue weighted by atomic mass is 35.5. The monoisotopic (exact) mass is 272 g/mol. The van der Waals surface area contributed by atoms with Crippen molar-refractivity contribution in [3.05, 3.63) is 0 Å². The molecular weight excluding hydrogens is 256 g/mol. The van der Waals surface area contributed by atoms with E-state index in [0.29, 0.717) is 0 Å². The minimum Gasteiger partial charge on any atom is -0.459 e. The molecule has 0 aliphatic carbocycles. The van der Waals surface area contributed by atoms with Crippen LogP contribution in [-0.4, -0.2) is 39.0 Å². The van der Waals surface area contributed by atoms with Gasteiger partial charge in [-0.1, -0.05) is 0 Å². The summed E-state index contributed by atoms with van der Waals surface area (Å²) in [6.07, 6.45) is 0. The molecule has 0 saturated heterocycles. The molecule has 0 spiro atoms. The topological polar surface area (TPSA) is 84.5 Å². The molecule has 0 aliphatic rings. The molecule has 0 amide bonds. The Bertz CT molecular complexity index is 323. The largest absolute Gasteiger partial charge is 0.459 e. The van der Waals surface area contributed by atoms with E-state index in [0.717, 1.165) is 0 Å². The number of alkyl halides is 1. The Morgan fingerprint density at radius 2 is 1.88 bits per heavy atom. The van der Waals surface area contributed by atoms with Crippen molar-refractivity contribution in [2.24, 2.45) is 0 Å². The van der Waals surface area contributed by atoms with Gasteiger partial charge in [-0.05, 0) is 20.8 Å². The maximum Gasteiger partial charge on any atom is 0.321 e. The molecule has 0 aromatic carbocycles. The second kappa shape index (κ2) is 6.39. The summed E-state index contributed by atoms with van der Waals surface area (Å²) in [4.78, 5) is 11.2. The van der Waals surface area contributed by atoms with Crippen LogP contribution in [0.2, 0.25) is 0 Å². The highest BCUT2D eigenvalue weighted by Gasteiger charge is 2.18. The lowest BCUT2D eigenvalue weighted by Crippen LogP contribution is -2.41. The summed E-state index contributed by atoms with van der Waals surface area (Å²) in [5.74, 6) is -0.475. The fourth-order valence-corrected chi connectivity index (χ4v) is 1.74. The third-order valence-electron chi connectivity index (χ3n) is 1.21. The fraction of sp³-hybridized carbons (Fsp3) is 0.875. The Kier molecular flexibility index (Phi) is 6.24. The SMILES string of the molecule is CC(C)(C)OC(=O)CNS(=O)(=O)NCCCl. The Morgan fingerprint density at radius 1 is 1.31 bits per heavy atom. The van der Waals surface area contributed by atoms with Gasteiger partial charge in [0.1, 0.15) is 12.1 Å². The lowest BCUT2D eigenvalue weighted by molar-refractivity contribution is -0.153. The number of esters is 1. The molecule has 0 aliphatic heterocycles. The van der Waals surface area contributed by atoms with E-state index in [1.165, 1.54) is 0 Å². The third-order valence-corrected chi connectivity index (χ3v) is 2.51. The van der Waals surface area contributed by atoms with Crippen LogP contribution in [0.3, 0.4) is 0 Å². The van der Waals surface area contributed by atoms with E-state index in [1.54, 1.807) is 20.8 Å². The molecule has 0 unspecified atom stereocenters.